The van der Waals surface area contributed by atoms with Crippen LogP contribution in [0, 0.1) is 0 Å². The molecule has 0 amide bonds. The topological polar surface area (TPSA) is 21.3 Å². The summed E-state index contributed by atoms with van der Waals surface area (Å²) in [5, 5.41) is 2.66. The van der Waals surface area contributed by atoms with Crippen molar-refractivity contribution in [3.63, 3.8) is 0 Å². The van der Waals surface area contributed by atoms with Gasteiger partial charge in [-0.3, -0.25) is 0 Å². The molecular formula is C16H19ClN2O. The summed E-state index contributed by atoms with van der Waals surface area (Å²) in [7, 11) is 2.20. The largest absolute Gasteiger partial charge is 0.464 e. The van der Waals surface area contributed by atoms with Crippen LogP contribution in [0.25, 0.3) is 21.9 Å². The Balaban J connectivity index is 0.00000121. The average Bonchev–Trinajstić information content (AvgIpc) is 2.99. The van der Waals surface area contributed by atoms with Gasteiger partial charge in [0.25, 0.3) is 0 Å². The Labute approximate surface area is 124 Å². The van der Waals surface area contributed by atoms with E-state index in [0.717, 1.165) is 31.6 Å². The number of likely N-dealkylation sites (N-methyl/N-ethyl adjacent to an activating group) is 1. The Bertz CT molecular complexity index is 772. The summed E-state index contributed by atoms with van der Waals surface area (Å²) in [6, 6.07) is 6.41. The van der Waals surface area contributed by atoms with Gasteiger partial charge < -0.3 is 13.9 Å². The number of nitrogens with zero attached hydrogens (tertiary/aromatic N) is 2. The molecule has 20 heavy (non-hydrogen) atoms. The van der Waals surface area contributed by atoms with Crippen molar-refractivity contribution >= 4 is 34.3 Å². The lowest BCUT2D eigenvalue weighted by Crippen LogP contribution is -2.27. The molecule has 0 bridgehead atoms. The van der Waals surface area contributed by atoms with E-state index in [2.05, 4.69) is 41.6 Å². The summed E-state index contributed by atoms with van der Waals surface area (Å²) in [4.78, 5) is 2.40. The number of benzene rings is 1. The maximum absolute atomic E-state index is 5.56. The number of aryl methyl sites for hydroxylation is 1. The Morgan fingerprint density at radius 1 is 1.25 bits per heavy atom. The standard InChI is InChI=1S/C16H18N2O.ClH/c1-3-18-13-6-8-17(2)10-12(13)16-11-7-9-19-15(11)5-4-14(16)18;/h4-5,7,9H,3,6,8,10H2,1-2H3;1H. The van der Waals surface area contributed by atoms with E-state index in [9.17, 15) is 0 Å². The number of furan rings is 1. The van der Waals surface area contributed by atoms with Crippen molar-refractivity contribution in [2.24, 2.45) is 0 Å². The fourth-order valence-electron chi connectivity index (χ4n) is 3.49. The lowest BCUT2D eigenvalue weighted by atomic mass is 10.0. The zero-order valence-corrected chi connectivity index (χ0v) is 12.7. The Morgan fingerprint density at radius 2 is 2.10 bits per heavy atom. The molecule has 1 aromatic carbocycles. The lowest BCUT2D eigenvalue weighted by Gasteiger charge is -2.24. The van der Waals surface area contributed by atoms with Gasteiger partial charge in [0.15, 0.2) is 0 Å². The third-order valence-corrected chi connectivity index (χ3v) is 4.35. The van der Waals surface area contributed by atoms with E-state index in [1.54, 1.807) is 6.26 Å². The third-order valence-electron chi connectivity index (χ3n) is 4.35. The number of rotatable bonds is 1. The average molecular weight is 291 g/mol. The minimum atomic E-state index is 0. The summed E-state index contributed by atoms with van der Waals surface area (Å²) in [6.07, 6.45) is 2.94. The monoisotopic (exact) mass is 290 g/mol. The van der Waals surface area contributed by atoms with Crippen LogP contribution in [-0.2, 0) is 19.5 Å². The van der Waals surface area contributed by atoms with E-state index in [-0.39, 0.29) is 12.4 Å². The summed E-state index contributed by atoms with van der Waals surface area (Å²) >= 11 is 0. The summed E-state index contributed by atoms with van der Waals surface area (Å²) in [5.74, 6) is 0. The van der Waals surface area contributed by atoms with Crippen molar-refractivity contribution in [1.82, 2.24) is 9.47 Å². The maximum Gasteiger partial charge on any atom is 0.134 e. The lowest BCUT2D eigenvalue weighted by molar-refractivity contribution is 0.309. The molecule has 0 unspecified atom stereocenters. The fourth-order valence-corrected chi connectivity index (χ4v) is 3.49. The van der Waals surface area contributed by atoms with E-state index in [1.807, 2.05) is 0 Å². The van der Waals surface area contributed by atoms with Crippen molar-refractivity contribution in [1.29, 1.82) is 0 Å². The quantitative estimate of drug-likeness (QED) is 0.679. The van der Waals surface area contributed by atoms with Crippen molar-refractivity contribution in [3.05, 3.63) is 35.7 Å². The molecular weight excluding hydrogens is 272 g/mol. The summed E-state index contributed by atoms with van der Waals surface area (Å²) < 4.78 is 8.04. The molecule has 0 N–H and O–H groups in total. The number of fused-ring (bicyclic) bond motifs is 5. The van der Waals surface area contributed by atoms with Crippen LogP contribution in [0.4, 0.5) is 0 Å². The van der Waals surface area contributed by atoms with Gasteiger partial charge in [-0.1, -0.05) is 0 Å². The van der Waals surface area contributed by atoms with Crippen LogP contribution in [0.15, 0.2) is 28.9 Å². The van der Waals surface area contributed by atoms with Gasteiger partial charge in [0, 0.05) is 48.0 Å². The number of aromatic nitrogens is 1. The molecule has 4 rings (SSSR count). The van der Waals surface area contributed by atoms with E-state index < -0.39 is 0 Å². The minimum absolute atomic E-state index is 0. The van der Waals surface area contributed by atoms with Gasteiger partial charge >= 0.3 is 0 Å². The van der Waals surface area contributed by atoms with Gasteiger partial charge in [0.1, 0.15) is 5.58 Å². The molecule has 0 fully saturated rings. The summed E-state index contributed by atoms with van der Waals surface area (Å²) in [6.45, 7) is 5.47. The highest BCUT2D eigenvalue weighted by atomic mass is 35.5. The Morgan fingerprint density at radius 3 is 2.90 bits per heavy atom. The Hall–Kier alpha value is -1.45. The second-order valence-electron chi connectivity index (χ2n) is 5.45. The molecule has 1 aliphatic heterocycles. The normalized spacial score (nSPS) is 15.5. The van der Waals surface area contributed by atoms with Gasteiger partial charge in [-0.2, -0.15) is 0 Å². The zero-order chi connectivity index (χ0) is 13.0. The van der Waals surface area contributed by atoms with Crippen molar-refractivity contribution in [2.45, 2.75) is 26.4 Å². The molecule has 0 aliphatic carbocycles. The van der Waals surface area contributed by atoms with E-state index in [4.69, 9.17) is 4.42 Å². The summed E-state index contributed by atoms with van der Waals surface area (Å²) in [5.41, 5.74) is 5.37. The molecule has 106 valence electrons. The molecule has 0 radical (unpaired) electrons. The SMILES string of the molecule is CCn1c2c(c3c4ccoc4ccc31)CN(C)CC2.Cl. The van der Waals surface area contributed by atoms with Gasteiger partial charge in [-0.25, -0.2) is 0 Å². The maximum atomic E-state index is 5.56. The number of halogens is 1. The first-order chi connectivity index (χ1) is 9.29. The van der Waals surface area contributed by atoms with Crippen LogP contribution in [0.1, 0.15) is 18.2 Å². The number of hydrogen-bond donors (Lipinski definition) is 0. The predicted molar refractivity (Wildman–Crippen MR) is 84.7 cm³/mol. The highest BCUT2D eigenvalue weighted by Gasteiger charge is 2.23. The first-order valence-electron chi connectivity index (χ1n) is 6.98. The Kier molecular flexibility index (Phi) is 3.27. The molecule has 0 saturated carbocycles. The van der Waals surface area contributed by atoms with E-state index in [0.29, 0.717) is 0 Å². The molecule has 0 spiro atoms. The van der Waals surface area contributed by atoms with Crippen LogP contribution in [0.5, 0.6) is 0 Å². The first-order valence-corrected chi connectivity index (χ1v) is 6.98. The van der Waals surface area contributed by atoms with Crippen molar-refractivity contribution in [2.75, 3.05) is 13.6 Å². The van der Waals surface area contributed by atoms with E-state index >= 15 is 0 Å². The molecule has 3 nitrogen and oxygen atoms in total. The number of hydrogen-bond acceptors (Lipinski definition) is 2. The van der Waals surface area contributed by atoms with E-state index in [1.165, 1.54) is 27.5 Å². The van der Waals surface area contributed by atoms with Gasteiger partial charge in [0.05, 0.1) is 6.26 Å². The van der Waals surface area contributed by atoms with Crippen molar-refractivity contribution in [3.8, 4) is 0 Å². The molecule has 1 aliphatic rings. The highest BCUT2D eigenvalue weighted by molar-refractivity contribution is 6.07. The molecule has 0 saturated heterocycles. The van der Waals surface area contributed by atoms with Crippen LogP contribution < -0.4 is 0 Å². The third kappa shape index (κ3) is 1.70. The second kappa shape index (κ2) is 4.83. The van der Waals surface area contributed by atoms with Gasteiger partial charge in [0.2, 0.25) is 0 Å². The fraction of sp³-hybridized carbons (Fsp3) is 0.375. The second-order valence-corrected chi connectivity index (χ2v) is 5.45. The first kappa shape index (κ1) is 13.5. The predicted octanol–water partition coefficient (Wildman–Crippen LogP) is 3.82. The van der Waals surface area contributed by atoms with Gasteiger partial charge in [-0.15, -0.1) is 12.4 Å². The molecule has 4 heteroatoms. The van der Waals surface area contributed by atoms with Crippen LogP contribution in [0.2, 0.25) is 0 Å². The van der Waals surface area contributed by atoms with Crippen LogP contribution in [-0.4, -0.2) is 23.1 Å². The highest BCUT2D eigenvalue weighted by Crippen LogP contribution is 2.35. The smallest absolute Gasteiger partial charge is 0.134 e. The zero-order valence-electron chi connectivity index (χ0n) is 11.8. The molecule has 2 aromatic heterocycles. The minimum Gasteiger partial charge on any atom is -0.464 e. The van der Waals surface area contributed by atoms with Crippen molar-refractivity contribution < 1.29 is 4.42 Å². The van der Waals surface area contributed by atoms with Gasteiger partial charge in [-0.05, 0) is 37.7 Å². The molecule has 3 heterocycles. The van der Waals surface area contributed by atoms with Crippen LogP contribution in [0.3, 0.4) is 0 Å². The van der Waals surface area contributed by atoms with Crippen LogP contribution >= 0.6 is 12.4 Å². The molecule has 0 atom stereocenters. The molecule has 3 aromatic rings.